The van der Waals surface area contributed by atoms with Crippen LogP contribution in [0.3, 0.4) is 0 Å². The predicted octanol–water partition coefficient (Wildman–Crippen LogP) is 14.6. The summed E-state index contributed by atoms with van der Waals surface area (Å²) in [6.07, 6.45) is 5.88. The van der Waals surface area contributed by atoms with Gasteiger partial charge in [0.25, 0.3) is 6.71 Å². The molecule has 0 saturated carbocycles. The average molecular weight is 841 g/mol. The number of hydrogen-bond donors (Lipinski definition) is 0. The van der Waals surface area contributed by atoms with Crippen molar-refractivity contribution in [1.29, 1.82) is 0 Å². The summed E-state index contributed by atoms with van der Waals surface area (Å²) in [6.45, 7) is 32.0. The Balaban J connectivity index is 1.20. The monoisotopic (exact) mass is 841 g/mol. The Morgan fingerprint density at radius 3 is 1.47 bits per heavy atom. The van der Waals surface area contributed by atoms with E-state index in [4.69, 9.17) is 4.42 Å². The maximum atomic E-state index is 6.65. The van der Waals surface area contributed by atoms with E-state index in [1.165, 1.54) is 109 Å². The van der Waals surface area contributed by atoms with E-state index in [2.05, 4.69) is 197 Å². The molecule has 7 aromatic rings. The number of nitrogens with zero attached hydrogens (tertiary/aromatic N) is 2. The number of para-hydroxylation sites is 1. The second kappa shape index (κ2) is 12.6. The van der Waals surface area contributed by atoms with Gasteiger partial charge in [0.1, 0.15) is 11.2 Å². The van der Waals surface area contributed by atoms with E-state index < -0.39 is 0 Å². The summed E-state index contributed by atoms with van der Waals surface area (Å²) in [4.78, 5) is 5.30. The van der Waals surface area contributed by atoms with E-state index in [-0.39, 0.29) is 39.2 Å². The maximum absolute atomic E-state index is 6.65. The van der Waals surface area contributed by atoms with Gasteiger partial charge in [-0.1, -0.05) is 119 Å². The summed E-state index contributed by atoms with van der Waals surface area (Å²) in [7, 11) is 0. The Labute approximate surface area is 382 Å². The van der Waals surface area contributed by atoms with Gasteiger partial charge in [0.05, 0.1) is 0 Å². The lowest BCUT2D eigenvalue weighted by atomic mass is 9.33. The van der Waals surface area contributed by atoms with E-state index in [1.54, 1.807) is 0 Å². The first-order valence-electron chi connectivity index (χ1n) is 24.3. The second-order valence-electron chi connectivity index (χ2n) is 24.7. The number of rotatable bonds is 2. The van der Waals surface area contributed by atoms with Gasteiger partial charge >= 0.3 is 0 Å². The van der Waals surface area contributed by atoms with Crippen LogP contribution < -0.4 is 26.2 Å². The molecule has 1 aromatic heterocycles. The number of furan rings is 1. The first-order chi connectivity index (χ1) is 30.1. The smallest absolute Gasteiger partial charge is 0.252 e. The maximum Gasteiger partial charge on any atom is 0.252 e. The van der Waals surface area contributed by atoms with Crippen LogP contribution in [0, 0.1) is 6.92 Å². The van der Waals surface area contributed by atoms with Crippen molar-refractivity contribution in [2.24, 2.45) is 0 Å². The molecule has 3 heterocycles. The highest BCUT2D eigenvalue weighted by Gasteiger charge is 2.50. The minimum Gasteiger partial charge on any atom is -0.456 e. The van der Waals surface area contributed by atoms with Gasteiger partial charge in [0, 0.05) is 51.0 Å². The normalized spacial score (nSPS) is 20.9. The molecule has 0 N–H and O–H groups in total. The second-order valence-corrected chi connectivity index (χ2v) is 24.7. The molecule has 12 rings (SSSR count). The number of anilines is 6. The van der Waals surface area contributed by atoms with Gasteiger partial charge in [-0.3, -0.25) is 0 Å². The third-order valence-electron chi connectivity index (χ3n) is 17.4. The summed E-state index contributed by atoms with van der Waals surface area (Å²) in [6, 6.07) is 38.5. The lowest BCUT2D eigenvalue weighted by molar-refractivity contribution is 0.332. The molecule has 0 fully saturated rings. The lowest BCUT2D eigenvalue weighted by Crippen LogP contribution is -2.62. The van der Waals surface area contributed by atoms with Crippen molar-refractivity contribution in [3.8, 4) is 0 Å². The number of benzene rings is 6. The summed E-state index contributed by atoms with van der Waals surface area (Å²) >= 11 is 0. The van der Waals surface area contributed by atoms with Crippen LogP contribution in [0.2, 0.25) is 0 Å². The molecule has 64 heavy (non-hydrogen) atoms. The largest absolute Gasteiger partial charge is 0.456 e. The Morgan fingerprint density at radius 1 is 0.422 bits per heavy atom. The van der Waals surface area contributed by atoms with Gasteiger partial charge in [0.2, 0.25) is 0 Å². The third kappa shape index (κ3) is 5.47. The number of hydrogen-bond acceptors (Lipinski definition) is 3. The highest BCUT2D eigenvalue weighted by Crippen LogP contribution is 2.55. The fourth-order valence-electron chi connectivity index (χ4n) is 13.8. The number of fused-ring (bicyclic) bond motifs is 10. The quantitative estimate of drug-likeness (QED) is 0.162. The van der Waals surface area contributed by atoms with Crippen molar-refractivity contribution in [3.05, 3.63) is 136 Å². The summed E-state index contributed by atoms with van der Waals surface area (Å²) in [5.41, 5.74) is 24.4. The molecule has 0 atom stereocenters. The number of aryl methyl sites for hydroxylation is 1. The molecule has 6 aromatic carbocycles. The molecule has 0 spiro atoms. The van der Waals surface area contributed by atoms with Crippen molar-refractivity contribution in [3.63, 3.8) is 0 Å². The molecule has 0 amide bonds. The van der Waals surface area contributed by atoms with Crippen molar-refractivity contribution in [1.82, 2.24) is 0 Å². The average Bonchev–Trinajstić information content (AvgIpc) is 3.69. The standard InChI is InChI=1S/C60H65BN2O/c1-35-26-50-54-51(27-35)63(37-18-20-39-38-16-14-15-17-52(38)64-53(39)29-37)49-33-45-43(59(10,11)34-60(45,12)13)31-47(49)61(54)46-30-42-44(58(8,9)25-24-57(42,6)7)32-48(46)62(50)36-19-21-40-41(28-36)56(4,5)23-22-55(40,2)3/h14-21,26-33H,22-25,34H2,1-13H3. The van der Waals surface area contributed by atoms with E-state index >= 15 is 0 Å². The van der Waals surface area contributed by atoms with Crippen LogP contribution in [0.15, 0.2) is 101 Å². The van der Waals surface area contributed by atoms with E-state index in [0.29, 0.717) is 0 Å². The molecular weight excluding hydrogens is 775 g/mol. The van der Waals surface area contributed by atoms with Gasteiger partial charge in [-0.2, -0.15) is 0 Å². The molecule has 0 unspecified atom stereocenters. The molecule has 5 aliphatic rings. The molecule has 3 nitrogen and oxygen atoms in total. The highest BCUT2D eigenvalue weighted by atomic mass is 16.3. The molecular formula is C60H65BN2O. The zero-order valence-corrected chi connectivity index (χ0v) is 40.7. The van der Waals surface area contributed by atoms with Crippen LogP contribution in [0.5, 0.6) is 0 Å². The Hall–Kier alpha value is -5.22. The van der Waals surface area contributed by atoms with Crippen LogP contribution in [0.25, 0.3) is 21.9 Å². The molecule has 4 heteroatoms. The fraction of sp³-hybridized carbons (Fsp3) is 0.400. The molecule has 0 bridgehead atoms. The van der Waals surface area contributed by atoms with E-state index in [1.807, 2.05) is 0 Å². The first-order valence-corrected chi connectivity index (χ1v) is 24.3. The van der Waals surface area contributed by atoms with Crippen molar-refractivity contribution in [2.45, 2.75) is 155 Å². The first kappa shape index (κ1) is 40.3. The Morgan fingerprint density at radius 2 is 0.875 bits per heavy atom. The van der Waals surface area contributed by atoms with Gasteiger partial charge in [0.15, 0.2) is 0 Å². The zero-order valence-electron chi connectivity index (χ0n) is 40.7. The minimum atomic E-state index is 0.0466. The van der Waals surface area contributed by atoms with Gasteiger partial charge in [-0.15, -0.1) is 0 Å². The van der Waals surface area contributed by atoms with Gasteiger partial charge in [-0.05, 0) is 181 Å². The molecule has 0 saturated heterocycles. The topological polar surface area (TPSA) is 19.6 Å². The lowest BCUT2D eigenvalue weighted by Gasteiger charge is -2.48. The summed E-state index contributed by atoms with van der Waals surface area (Å²) in [5.74, 6) is 0. The van der Waals surface area contributed by atoms with Crippen molar-refractivity contribution >= 4 is 79.2 Å². The summed E-state index contributed by atoms with van der Waals surface area (Å²) in [5, 5.41) is 2.32. The van der Waals surface area contributed by atoms with E-state index in [9.17, 15) is 0 Å². The van der Waals surface area contributed by atoms with Crippen molar-refractivity contribution < 1.29 is 4.42 Å². The van der Waals surface area contributed by atoms with Crippen LogP contribution in [0.4, 0.5) is 34.1 Å². The Bertz CT molecular complexity index is 3190. The molecule has 3 aliphatic carbocycles. The molecule has 324 valence electrons. The molecule has 0 radical (unpaired) electrons. The predicted molar refractivity (Wildman–Crippen MR) is 274 cm³/mol. The SMILES string of the molecule is Cc1cc2c3c(c1)N(c1ccc4c(c1)oc1ccccc14)c1cc4c(cc1B3c1cc3c(cc1N2c1ccc2c(c1)C(C)(C)CCC2(C)C)C(C)(C)CCC3(C)C)C(C)(C)CC4(C)C. The zero-order chi connectivity index (χ0) is 44.8. The summed E-state index contributed by atoms with van der Waals surface area (Å²) < 4.78 is 6.65. The minimum absolute atomic E-state index is 0.0466. The van der Waals surface area contributed by atoms with Crippen LogP contribution in [-0.2, 0) is 32.5 Å². The van der Waals surface area contributed by atoms with Crippen LogP contribution in [-0.4, -0.2) is 6.71 Å². The van der Waals surface area contributed by atoms with Gasteiger partial charge < -0.3 is 14.2 Å². The fourth-order valence-corrected chi connectivity index (χ4v) is 13.8. The van der Waals surface area contributed by atoms with Crippen LogP contribution in [0.1, 0.15) is 154 Å². The van der Waals surface area contributed by atoms with E-state index in [0.717, 1.165) is 34.0 Å². The molecule has 2 aliphatic heterocycles. The Kier molecular flexibility index (Phi) is 7.91. The third-order valence-corrected chi connectivity index (χ3v) is 17.4. The van der Waals surface area contributed by atoms with Crippen molar-refractivity contribution in [2.75, 3.05) is 9.80 Å². The van der Waals surface area contributed by atoms with Crippen LogP contribution >= 0.6 is 0 Å². The highest BCUT2D eigenvalue weighted by molar-refractivity contribution is 7.00. The van der Waals surface area contributed by atoms with Gasteiger partial charge in [-0.25, -0.2) is 0 Å².